The Labute approximate surface area is 177 Å². The number of nitrogens with zero attached hydrogens (tertiary/aromatic N) is 2. The molecule has 0 spiro atoms. The van der Waals surface area contributed by atoms with Crippen molar-refractivity contribution in [2.75, 3.05) is 0 Å². The molecular weight excluding hydrogens is 400 g/mol. The zero-order valence-corrected chi connectivity index (χ0v) is 18.0. The lowest BCUT2D eigenvalue weighted by Gasteiger charge is -2.29. The molecule has 0 amide bonds. The maximum atomic E-state index is 13.1. The molecule has 4 rings (SSSR count). The van der Waals surface area contributed by atoms with Crippen molar-refractivity contribution in [3.8, 4) is 0 Å². The molecule has 1 atom stereocenters. The summed E-state index contributed by atoms with van der Waals surface area (Å²) in [6, 6.07) is 9.71. The van der Waals surface area contributed by atoms with Gasteiger partial charge in [-0.25, -0.2) is 19.6 Å². The highest BCUT2D eigenvalue weighted by Crippen LogP contribution is 2.36. The smallest absolute Gasteiger partial charge is 0.355 e. The van der Waals surface area contributed by atoms with E-state index in [1.807, 2.05) is 64.1 Å². The van der Waals surface area contributed by atoms with E-state index in [9.17, 15) is 14.7 Å². The normalized spacial score (nSPS) is 18.6. The summed E-state index contributed by atoms with van der Waals surface area (Å²) in [5.74, 6) is -1.46. The van der Waals surface area contributed by atoms with Crippen molar-refractivity contribution in [1.82, 2.24) is 9.97 Å². The molecule has 0 radical (unpaired) electrons. The van der Waals surface area contributed by atoms with Gasteiger partial charge >= 0.3 is 11.9 Å². The molecule has 154 valence electrons. The third kappa shape index (κ3) is 3.73. The summed E-state index contributed by atoms with van der Waals surface area (Å²) < 4.78 is 5.69. The first-order valence-electron chi connectivity index (χ1n) is 9.60. The average Bonchev–Trinajstić information content (AvgIpc) is 3.16. The second-order valence-corrected chi connectivity index (χ2v) is 9.53. The Kier molecular flexibility index (Phi) is 4.73. The first kappa shape index (κ1) is 20.2. The number of carbonyl (C=O) groups excluding carboxylic acids is 1. The Bertz CT molecular complexity index is 1300. The fourth-order valence-corrected chi connectivity index (χ4v) is 4.52. The van der Waals surface area contributed by atoms with Crippen LogP contribution in [0.3, 0.4) is 0 Å². The van der Waals surface area contributed by atoms with Gasteiger partial charge in [0, 0.05) is 27.0 Å². The summed E-state index contributed by atoms with van der Waals surface area (Å²) in [5.41, 5.74) is 0.0400. The van der Waals surface area contributed by atoms with Crippen molar-refractivity contribution in [2.45, 2.75) is 45.1 Å². The van der Waals surface area contributed by atoms with E-state index >= 15 is 0 Å². The van der Waals surface area contributed by atoms with Gasteiger partial charge in [-0.15, -0.1) is 11.3 Å². The molecule has 3 aromatic rings. The van der Waals surface area contributed by atoms with E-state index in [0.717, 1.165) is 16.1 Å². The Morgan fingerprint density at radius 3 is 2.60 bits per heavy atom. The first-order valence-corrected chi connectivity index (χ1v) is 10.5. The zero-order valence-electron chi connectivity index (χ0n) is 17.2. The van der Waals surface area contributed by atoms with E-state index in [1.165, 1.54) is 16.7 Å². The van der Waals surface area contributed by atoms with Crippen molar-refractivity contribution < 1.29 is 19.4 Å². The molecule has 0 bridgehead atoms. The van der Waals surface area contributed by atoms with Gasteiger partial charge in [-0.3, -0.25) is 0 Å². The first-order chi connectivity index (χ1) is 14.1. The number of aromatic carboxylic acids is 1. The third-order valence-electron chi connectivity index (χ3n) is 4.94. The number of aromatic nitrogens is 2. The quantitative estimate of drug-likeness (QED) is 0.653. The van der Waals surface area contributed by atoms with E-state index in [-0.39, 0.29) is 5.69 Å². The maximum Gasteiger partial charge on any atom is 0.355 e. The van der Waals surface area contributed by atoms with Gasteiger partial charge < -0.3 is 9.84 Å². The average molecular weight is 423 g/mol. The molecular formula is C23H22N2O4S. The van der Waals surface area contributed by atoms with Crippen molar-refractivity contribution >= 4 is 45.8 Å². The predicted octanol–water partition coefficient (Wildman–Crippen LogP) is 3.02. The summed E-state index contributed by atoms with van der Waals surface area (Å²) in [5, 5.41) is 13.8. The van der Waals surface area contributed by atoms with Gasteiger partial charge in [0.15, 0.2) is 5.69 Å². The van der Waals surface area contributed by atoms with Crippen LogP contribution in [0, 0.1) is 0 Å². The molecule has 2 heterocycles. The molecule has 7 heteroatoms. The zero-order chi connectivity index (χ0) is 21.7. The van der Waals surface area contributed by atoms with Crippen LogP contribution in [0.1, 0.15) is 49.6 Å². The van der Waals surface area contributed by atoms with Crippen LogP contribution in [0.2, 0.25) is 0 Å². The summed E-state index contributed by atoms with van der Waals surface area (Å²) in [7, 11) is 0. The minimum absolute atomic E-state index is 0.000658. The number of carbonyl (C=O) groups is 2. The molecule has 1 unspecified atom stereocenters. The number of hydrogen-bond donors (Lipinski definition) is 1. The van der Waals surface area contributed by atoms with Crippen LogP contribution in [-0.2, 0) is 14.9 Å². The highest BCUT2D eigenvalue weighted by Gasteiger charge is 2.36. The van der Waals surface area contributed by atoms with E-state index in [4.69, 9.17) is 9.72 Å². The largest absolute Gasteiger partial charge is 0.476 e. The molecule has 2 aromatic heterocycles. The molecule has 0 saturated carbocycles. The molecule has 30 heavy (non-hydrogen) atoms. The molecule has 0 fully saturated rings. The Hall–Kier alpha value is -3.06. The highest BCUT2D eigenvalue weighted by atomic mass is 32.1. The second kappa shape index (κ2) is 7.02. The van der Waals surface area contributed by atoms with Crippen molar-refractivity contribution in [3.63, 3.8) is 0 Å². The van der Waals surface area contributed by atoms with Crippen LogP contribution in [0.5, 0.6) is 0 Å². The fourth-order valence-electron chi connectivity index (χ4n) is 3.59. The number of pyridine rings is 1. The number of carboxylic acids is 1. The lowest BCUT2D eigenvalue weighted by atomic mass is 9.79. The van der Waals surface area contributed by atoms with Crippen molar-refractivity contribution in [3.05, 3.63) is 57.0 Å². The number of hydrogen-bond acceptors (Lipinski definition) is 6. The van der Waals surface area contributed by atoms with Crippen molar-refractivity contribution in [1.29, 1.82) is 0 Å². The monoisotopic (exact) mass is 422 g/mol. The third-order valence-corrected chi connectivity index (χ3v) is 6.06. The predicted molar refractivity (Wildman–Crippen MR) is 116 cm³/mol. The number of rotatable bonds is 3. The number of esters is 1. The SMILES string of the molecule is CC(C)(C)OC(=O)C1=c2cc3ccccc3nc2=CC(C)(c2nc(C(=O)O)cs2)C1. The Balaban J connectivity index is 1.95. The molecule has 0 aliphatic heterocycles. The van der Waals surface area contributed by atoms with Crippen LogP contribution in [0.25, 0.3) is 22.6 Å². The highest BCUT2D eigenvalue weighted by molar-refractivity contribution is 7.10. The number of benzene rings is 1. The summed E-state index contributed by atoms with van der Waals surface area (Å²) in [6.07, 6.45) is 2.33. The topological polar surface area (TPSA) is 89.4 Å². The number of ether oxygens (including phenoxy) is 1. The van der Waals surface area contributed by atoms with Gasteiger partial charge in [0.25, 0.3) is 0 Å². The van der Waals surface area contributed by atoms with Gasteiger partial charge in [-0.1, -0.05) is 18.2 Å². The molecule has 1 aliphatic rings. The standard InChI is InChI=1S/C23H22N2O4S/c1-22(2,3)29-20(28)15-10-23(4,21-25-18(12-30-21)19(26)27)11-17-14(15)9-13-7-5-6-8-16(13)24-17/h5-9,11-12H,10H2,1-4H3,(H,26,27). The van der Waals surface area contributed by atoms with Gasteiger partial charge in [-0.2, -0.15) is 0 Å². The number of fused-ring (bicyclic) bond motifs is 2. The molecule has 1 N–H and O–H groups in total. The summed E-state index contributed by atoms with van der Waals surface area (Å²) in [6.45, 7) is 7.44. The van der Waals surface area contributed by atoms with E-state index < -0.39 is 23.0 Å². The Morgan fingerprint density at radius 2 is 1.93 bits per heavy atom. The van der Waals surface area contributed by atoms with Crippen LogP contribution < -0.4 is 10.6 Å². The van der Waals surface area contributed by atoms with Gasteiger partial charge in [-0.05, 0) is 52.3 Å². The van der Waals surface area contributed by atoms with Crippen LogP contribution in [0.15, 0.2) is 35.7 Å². The number of carboxylic acid groups (broad SMARTS) is 1. The van der Waals surface area contributed by atoms with Gasteiger partial charge in [0.1, 0.15) is 10.6 Å². The molecule has 1 aliphatic carbocycles. The summed E-state index contributed by atoms with van der Waals surface area (Å²) in [4.78, 5) is 33.5. The lowest BCUT2D eigenvalue weighted by Crippen LogP contribution is -2.42. The van der Waals surface area contributed by atoms with Gasteiger partial charge in [0.05, 0.1) is 10.9 Å². The van der Waals surface area contributed by atoms with E-state index in [1.54, 1.807) is 0 Å². The van der Waals surface area contributed by atoms with E-state index in [2.05, 4.69) is 4.98 Å². The van der Waals surface area contributed by atoms with Gasteiger partial charge in [0.2, 0.25) is 0 Å². The molecule has 0 saturated heterocycles. The molecule has 1 aromatic carbocycles. The lowest BCUT2D eigenvalue weighted by molar-refractivity contribution is -0.147. The van der Waals surface area contributed by atoms with Crippen molar-refractivity contribution in [2.24, 2.45) is 0 Å². The summed E-state index contributed by atoms with van der Waals surface area (Å²) >= 11 is 1.27. The molecule has 6 nitrogen and oxygen atoms in total. The van der Waals surface area contributed by atoms with Crippen LogP contribution >= 0.6 is 11.3 Å². The minimum Gasteiger partial charge on any atom is -0.476 e. The second-order valence-electron chi connectivity index (χ2n) is 8.68. The van der Waals surface area contributed by atoms with Crippen LogP contribution in [-0.4, -0.2) is 32.6 Å². The fraction of sp³-hybridized carbons (Fsp3) is 0.304. The Morgan fingerprint density at radius 1 is 1.20 bits per heavy atom. The minimum atomic E-state index is -1.07. The van der Waals surface area contributed by atoms with E-state index in [0.29, 0.717) is 22.4 Å². The van der Waals surface area contributed by atoms with Crippen LogP contribution in [0.4, 0.5) is 0 Å². The number of para-hydroxylation sites is 1. The maximum absolute atomic E-state index is 13.1. The number of thiazole rings is 1.